The summed E-state index contributed by atoms with van der Waals surface area (Å²) in [6.45, 7) is 4.29. The molecule has 0 fully saturated rings. The van der Waals surface area contributed by atoms with Crippen LogP contribution in [0.2, 0.25) is 5.02 Å². The normalized spacial score (nSPS) is 11.8. The summed E-state index contributed by atoms with van der Waals surface area (Å²) in [7, 11) is 1.59. The third kappa shape index (κ3) is 5.05. The fourth-order valence-electron chi connectivity index (χ4n) is 2.23. The number of benzene rings is 1. The number of carbonyl (C=O) groups excluding carboxylic acids is 2. The van der Waals surface area contributed by atoms with Gasteiger partial charge in [0.1, 0.15) is 6.04 Å². The molecule has 1 aromatic rings. The van der Waals surface area contributed by atoms with E-state index in [-0.39, 0.29) is 11.8 Å². The standard InChI is InChI=1S/C16H23ClN2O2/c1-4-6-15(20)19(14(5-2)16(21)18-3)11-12-7-9-13(17)10-8-12/h7-10,14H,4-6,11H2,1-3H3,(H,18,21)/t14-/m1/s1. The van der Waals surface area contributed by atoms with Crippen molar-refractivity contribution >= 4 is 23.4 Å². The van der Waals surface area contributed by atoms with Crippen molar-refractivity contribution in [1.82, 2.24) is 10.2 Å². The number of nitrogens with one attached hydrogen (secondary N) is 1. The van der Waals surface area contributed by atoms with Gasteiger partial charge in [0.2, 0.25) is 11.8 Å². The molecule has 0 aliphatic carbocycles. The second-order valence-corrected chi connectivity index (χ2v) is 5.37. The maximum Gasteiger partial charge on any atom is 0.242 e. The Kier molecular flexibility index (Phi) is 7.23. The number of rotatable bonds is 7. The Labute approximate surface area is 131 Å². The zero-order valence-electron chi connectivity index (χ0n) is 12.9. The zero-order chi connectivity index (χ0) is 15.8. The molecule has 116 valence electrons. The molecule has 0 aliphatic heterocycles. The Balaban J connectivity index is 2.97. The van der Waals surface area contributed by atoms with Gasteiger partial charge in [0.05, 0.1) is 0 Å². The van der Waals surface area contributed by atoms with Gasteiger partial charge in [-0.15, -0.1) is 0 Å². The molecule has 1 atom stereocenters. The van der Waals surface area contributed by atoms with Crippen molar-refractivity contribution in [3.63, 3.8) is 0 Å². The fourth-order valence-corrected chi connectivity index (χ4v) is 2.36. The number of nitrogens with zero attached hydrogens (tertiary/aromatic N) is 1. The molecule has 0 unspecified atom stereocenters. The van der Waals surface area contributed by atoms with Gasteiger partial charge in [-0.1, -0.05) is 37.6 Å². The molecule has 1 rings (SSSR count). The first-order valence-corrected chi connectivity index (χ1v) is 7.66. The Morgan fingerprint density at radius 2 is 1.86 bits per heavy atom. The van der Waals surface area contributed by atoms with Crippen LogP contribution in [0.15, 0.2) is 24.3 Å². The number of hydrogen-bond donors (Lipinski definition) is 1. The second-order valence-electron chi connectivity index (χ2n) is 4.94. The van der Waals surface area contributed by atoms with Crippen LogP contribution in [0.5, 0.6) is 0 Å². The van der Waals surface area contributed by atoms with Crippen LogP contribution < -0.4 is 5.32 Å². The van der Waals surface area contributed by atoms with E-state index >= 15 is 0 Å². The minimum Gasteiger partial charge on any atom is -0.357 e. The number of amides is 2. The van der Waals surface area contributed by atoms with Crippen LogP contribution in [0.3, 0.4) is 0 Å². The largest absolute Gasteiger partial charge is 0.357 e. The van der Waals surface area contributed by atoms with Crippen LogP contribution in [0, 0.1) is 0 Å². The van der Waals surface area contributed by atoms with Gasteiger partial charge in [-0.25, -0.2) is 0 Å². The first-order valence-electron chi connectivity index (χ1n) is 7.28. The fraction of sp³-hybridized carbons (Fsp3) is 0.500. The summed E-state index contributed by atoms with van der Waals surface area (Å²) in [6.07, 6.45) is 1.80. The summed E-state index contributed by atoms with van der Waals surface area (Å²) in [5.41, 5.74) is 0.964. The lowest BCUT2D eigenvalue weighted by molar-refractivity contribution is -0.141. The van der Waals surface area contributed by atoms with Gasteiger partial charge in [0, 0.05) is 25.0 Å². The van der Waals surface area contributed by atoms with E-state index in [2.05, 4.69) is 5.32 Å². The molecule has 0 saturated heterocycles. The van der Waals surface area contributed by atoms with Gasteiger partial charge in [0.15, 0.2) is 0 Å². The summed E-state index contributed by atoms with van der Waals surface area (Å²) in [4.78, 5) is 26.0. The molecule has 0 aliphatic rings. The maximum absolute atomic E-state index is 12.4. The molecule has 1 N–H and O–H groups in total. The quantitative estimate of drug-likeness (QED) is 0.841. The van der Waals surface area contributed by atoms with Gasteiger partial charge in [-0.05, 0) is 30.5 Å². The smallest absolute Gasteiger partial charge is 0.242 e. The molecule has 0 spiro atoms. The van der Waals surface area contributed by atoms with Gasteiger partial charge in [0.25, 0.3) is 0 Å². The third-order valence-corrected chi connectivity index (χ3v) is 3.61. The number of halogens is 1. The summed E-state index contributed by atoms with van der Waals surface area (Å²) in [6, 6.07) is 6.90. The van der Waals surface area contributed by atoms with Gasteiger partial charge in [-0.3, -0.25) is 9.59 Å². The summed E-state index contributed by atoms with van der Waals surface area (Å²) < 4.78 is 0. The average Bonchev–Trinajstić information content (AvgIpc) is 2.48. The maximum atomic E-state index is 12.4. The van der Waals surface area contributed by atoms with Crippen molar-refractivity contribution in [2.24, 2.45) is 0 Å². The van der Waals surface area contributed by atoms with E-state index in [4.69, 9.17) is 11.6 Å². The lowest BCUT2D eigenvalue weighted by Crippen LogP contribution is -2.48. The van der Waals surface area contributed by atoms with Crippen molar-refractivity contribution in [2.75, 3.05) is 7.05 Å². The molecule has 0 saturated carbocycles. The van der Waals surface area contributed by atoms with Crippen LogP contribution in [-0.4, -0.2) is 29.8 Å². The van der Waals surface area contributed by atoms with Crippen molar-refractivity contribution in [2.45, 2.75) is 45.7 Å². The topological polar surface area (TPSA) is 49.4 Å². The van der Waals surface area contributed by atoms with E-state index in [0.717, 1.165) is 12.0 Å². The molecular weight excluding hydrogens is 288 g/mol. The highest BCUT2D eigenvalue weighted by atomic mass is 35.5. The summed E-state index contributed by atoms with van der Waals surface area (Å²) in [5.74, 6) is -0.126. The molecular formula is C16H23ClN2O2. The average molecular weight is 311 g/mol. The molecule has 0 heterocycles. The monoisotopic (exact) mass is 310 g/mol. The first kappa shape index (κ1) is 17.5. The molecule has 1 aromatic carbocycles. The van der Waals surface area contributed by atoms with Crippen molar-refractivity contribution in [3.8, 4) is 0 Å². The predicted molar refractivity (Wildman–Crippen MR) is 85.1 cm³/mol. The lowest BCUT2D eigenvalue weighted by Gasteiger charge is -2.30. The highest BCUT2D eigenvalue weighted by Gasteiger charge is 2.27. The second kappa shape index (κ2) is 8.67. The third-order valence-electron chi connectivity index (χ3n) is 3.36. The first-order chi connectivity index (χ1) is 10.0. The van der Waals surface area contributed by atoms with E-state index in [1.54, 1.807) is 24.1 Å². The summed E-state index contributed by atoms with van der Waals surface area (Å²) in [5, 5.41) is 3.29. The minimum atomic E-state index is -0.440. The van der Waals surface area contributed by atoms with Crippen LogP contribution in [0.25, 0.3) is 0 Å². The Hall–Kier alpha value is -1.55. The highest BCUT2D eigenvalue weighted by molar-refractivity contribution is 6.30. The lowest BCUT2D eigenvalue weighted by atomic mass is 10.1. The molecule has 0 bridgehead atoms. The molecule has 0 aromatic heterocycles. The van der Waals surface area contributed by atoms with Gasteiger partial charge in [-0.2, -0.15) is 0 Å². The van der Waals surface area contributed by atoms with E-state index in [9.17, 15) is 9.59 Å². The number of carbonyl (C=O) groups is 2. The van der Waals surface area contributed by atoms with E-state index < -0.39 is 6.04 Å². The number of likely N-dealkylation sites (N-methyl/N-ethyl adjacent to an activating group) is 1. The van der Waals surface area contributed by atoms with Crippen LogP contribution in [0.4, 0.5) is 0 Å². The van der Waals surface area contributed by atoms with E-state index in [0.29, 0.717) is 24.4 Å². The van der Waals surface area contributed by atoms with Gasteiger partial charge >= 0.3 is 0 Å². The highest BCUT2D eigenvalue weighted by Crippen LogP contribution is 2.16. The molecule has 2 amide bonds. The Morgan fingerprint density at radius 3 is 2.33 bits per heavy atom. The SMILES string of the molecule is CCCC(=O)N(Cc1ccc(Cl)cc1)[C@H](CC)C(=O)NC. The van der Waals surface area contributed by atoms with Crippen molar-refractivity contribution in [3.05, 3.63) is 34.9 Å². The predicted octanol–water partition coefficient (Wildman–Crippen LogP) is 2.99. The summed E-state index contributed by atoms with van der Waals surface area (Å²) >= 11 is 5.88. The minimum absolute atomic E-state index is 0.00269. The Morgan fingerprint density at radius 1 is 1.24 bits per heavy atom. The molecule has 4 nitrogen and oxygen atoms in total. The van der Waals surface area contributed by atoms with E-state index in [1.165, 1.54) is 0 Å². The number of hydrogen-bond acceptors (Lipinski definition) is 2. The molecule has 0 radical (unpaired) electrons. The van der Waals surface area contributed by atoms with Crippen molar-refractivity contribution < 1.29 is 9.59 Å². The van der Waals surface area contributed by atoms with E-state index in [1.807, 2.05) is 26.0 Å². The van der Waals surface area contributed by atoms with Crippen LogP contribution in [0.1, 0.15) is 38.7 Å². The van der Waals surface area contributed by atoms with Gasteiger partial charge < -0.3 is 10.2 Å². The molecule has 21 heavy (non-hydrogen) atoms. The zero-order valence-corrected chi connectivity index (χ0v) is 13.6. The van der Waals surface area contributed by atoms with Crippen LogP contribution >= 0.6 is 11.6 Å². The molecule has 5 heteroatoms. The Bertz CT molecular complexity index is 474. The van der Waals surface area contributed by atoms with Crippen molar-refractivity contribution in [1.29, 1.82) is 0 Å². The van der Waals surface area contributed by atoms with Crippen LogP contribution in [-0.2, 0) is 16.1 Å².